The first-order chi connectivity index (χ1) is 4.54. The number of aliphatic hydroxyl groups excluding tert-OH is 1. The molecular formula is C4H11N2O3S-. The highest BCUT2D eigenvalue weighted by Gasteiger charge is 2.07. The van der Waals surface area contributed by atoms with Crippen molar-refractivity contribution in [2.45, 2.75) is 19.1 Å². The number of hydrogen-bond donors (Lipinski definition) is 3. The summed E-state index contributed by atoms with van der Waals surface area (Å²) in [4.78, 5) is 0. The van der Waals surface area contributed by atoms with E-state index in [-0.39, 0.29) is 6.54 Å². The quantitative estimate of drug-likeness (QED) is 0.425. The van der Waals surface area contributed by atoms with E-state index in [2.05, 4.69) is 0 Å². The van der Waals surface area contributed by atoms with E-state index in [0.29, 0.717) is 0 Å². The van der Waals surface area contributed by atoms with Crippen molar-refractivity contribution in [3.63, 3.8) is 0 Å². The molecule has 0 aliphatic rings. The van der Waals surface area contributed by atoms with Crippen LogP contribution in [0.3, 0.4) is 0 Å². The van der Waals surface area contributed by atoms with Crippen LogP contribution in [0.4, 0.5) is 0 Å². The molecule has 0 aliphatic carbocycles. The molecule has 0 rings (SSSR count). The summed E-state index contributed by atoms with van der Waals surface area (Å²) in [7, 11) is 0. The second-order valence-corrected chi connectivity index (χ2v) is 2.77. The molecular weight excluding hydrogens is 156 g/mol. The van der Waals surface area contributed by atoms with E-state index >= 15 is 0 Å². The van der Waals surface area contributed by atoms with Crippen LogP contribution in [-0.2, 0) is 11.3 Å². The summed E-state index contributed by atoms with van der Waals surface area (Å²) in [6.45, 7) is 1.56. The zero-order chi connectivity index (χ0) is 8.15. The monoisotopic (exact) mass is 167 g/mol. The van der Waals surface area contributed by atoms with Crippen LogP contribution in [0.5, 0.6) is 0 Å². The van der Waals surface area contributed by atoms with Crippen LogP contribution >= 0.6 is 0 Å². The van der Waals surface area contributed by atoms with E-state index < -0.39 is 23.4 Å². The Morgan fingerprint density at radius 3 is 2.70 bits per heavy atom. The molecule has 62 valence electrons. The van der Waals surface area contributed by atoms with Gasteiger partial charge >= 0.3 is 0 Å². The van der Waals surface area contributed by atoms with Crippen molar-refractivity contribution in [1.82, 2.24) is 4.72 Å². The molecule has 10 heavy (non-hydrogen) atoms. The topological polar surface area (TPSA) is 98.4 Å². The van der Waals surface area contributed by atoms with E-state index in [1.54, 1.807) is 6.92 Å². The zero-order valence-corrected chi connectivity index (χ0v) is 6.43. The van der Waals surface area contributed by atoms with Gasteiger partial charge in [0.05, 0.1) is 6.10 Å². The SMILES string of the molecule is CC(N)C(O)CNS(=O)[O-]. The molecule has 0 aromatic carbocycles. The predicted molar refractivity (Wildman–Crippen MR) is 36.6 cm³/mol. The lowest BCUT2D eigenvalue weighted by Crippen LogP contribution is -2.40. The van der Waals surface area contributed by atoms with Gasteiger partial charge in [-0.05, 0) is 6.92 Å². The Labute approximate surface area is 62.0 Å². The first-order valence-electron chi connectivity index (χ1n) is 2.80. The van der Waals surface area contributed by atoms with E-state index in [0.717, 1.165) is 0 Å². The smallest absolute Gasteiger partial charge is 0.0822 e. The maximum Gasteiger partial charge on any atom is 0.0822 e. The van der Waals surface area contributed by atoms with E-state index in [1.807, 2.05) is 4.72 Å². The van der Waals surface area contributed by atoms with Gasteiger partial charge in [-0.2, -0.15) is 0 Å². The fourth-order valence-electron chi connectivity index (χ4n) is 0.339. The minimum absolute atomic E-state index is 0.0340. The van der Waals surface area contributed by atoms with Gasteiger partial charge in [-0.15, -0.1) is 0 Å². The molecule has 0 saturated heterocycles. The lowest BCUT2D eigenvalue weighted by atomic mass is 10.2. The average Bonchev–Trinajstić information content (AvgIpc) is 1.82. The summed E-state index contributed by atoms with van der Waals surface area (Å²) in [5.41, 5.74) is 5.23. The van der Waals surface area contributed by atoms with Crippen molar-refractivity contribution in [2.75, 3.05) is 6.54 Å². The van der Waals surface area contributed by atoms with Crippen LogP contribution in [0.2, 0.25) is 0 Å². The Kier molecular flexibility index (Phi) is 4.75. The van der Waals surface area contributed by atoms with Crippen molar-refractivity contribution in [3.8, 4) is 0 Å². The summed E-state index contributed by atoms with van der Waals surface area (Å²) in [6, 6.07) is -0.420. The van der Waals surface area contributed by atoms with Crippen molar-refractivity contribution in [1.29, 1.82) is 0 Å². The molecule has 4 N–H and O–H groups in total. The van der Waals surface area contributed by atoms with Gasteiger partial charge in [-0.25, -0.2) is 4.72 Å². The van der Waals surface area contributed by atoms with Crippen molar-refractivity contribution in [3.05, 3.63) is 0 Å². The molecule has 0 saturated carbocycles. The first kappa shape index (κ1) is 9.99. The van der Waals surface area contributed by atoms with Crippen molar-refractivity contribution >= 4 is 11.3 Å². The molecule has 0 fully saturated rings. The Morgan fingerprint density at radius 2 is 2.40 bits per heavy atom. The number of aliphatic hydroxyl groups is 1. The fourth-order valence-corrected chi connectivity index (χ4v) is 0.646. The van der Waals surface area contributed by atoms with Gasteiger partial charge in [0.15, 0.2) is 0 Å². The zero-order valence-electron chi connectivity index (χ0n) is 5.61. The average molecular weight is 167 g/mol. The molecule has 0 radical (unpaired) electrons. The molecule has 0 bridgehead atoms. The number of hydrogen-bond acceptors (Lipinski definition) is 4. The third-order valence-corrected chi connectivity index (χ3v) is 1.42. The normalized spacial score (nSPS) is 20.0. The Bertz CT molecular complexity index is 119. The largest absolute Gasteiger partial charge is 0.760 e. The second kappa shape index (κ2) is 4.75. The summed E-state index contributed by atoms with van der Waals surface area (Å²) in [5.74, 6) is 0. The maximum atomic E-state index is 9.86. The summed E-state index contributed by atoms with van der Waals surface area (Å²) in [5, 5.41) is 8.91. The number of rotatable bonds is 4. The lowest BCUT2D eigenvalue weighted by molar-refractivity contribution is 0.154. The van der Waals surface area contributed by atoms with Crippen molar-refractivity contribution < 1.29 is 13.9 Å². The van der Waals surface area contributed by atoms with E-state index in [9.17, 15) is 8.76 Å². The summed E-state index contributed by atoms with van der Waals surface area (Å²) >= 11 is -2.32. The molecule has 5 nitrogen and oxygen atoms in total. The maximum absolute atomic E-state index is 9.86. The summed E-state index contributed by atoms with van der Waals surface area (Å²) in [6.07, 6.45) is -0.821. The predicted octanol–water partition coefficient (Wildman–Crippen LogP) is -1.92. The number of nitrogens with two attached hydrogens (primary N) is 1. The van der Waals surface area contributed by atoms with Crippen LogP contribution in [0.25, 0.3) is 0 Å². The highest BCUT2D eigenvalue weighted by atomic mass is 32.2. The van der Waals surface area contributed by atoms with Crippen LogP contribution in [0, 0.1) is 0 Å². The Hall–Kier alpha value is -0.0100. The van der Waals surface area contributed by atoms with Gasteiger partial charge in [-0.3, -0.25) is 4.21 Å². The summed E-state index contributed by atoms with van der Waals surface area (Å²) < 4.78 is 21.7. The molecule has 0 spiro atoms. The van der Waals surface area contributed by atoms with Gasteiger partial charge in [0.25, 0.3) is 0 Å². The highest BCUT2D eigenvalue weighted by Crippen LogP contribution is 1.85. The molecule has 0 aromatic heterocycles. The fraction of sp³-hybridized carbons (Fsp3) is 1.00. The van der Waals surface area contributed by atoms with Crippen LogP contribution < -0.4 is 10.5 Å². The molecule has 3 unspecified atom stereocenters. The van der Waals surface area contributed by atoms with Gasteiger partial charge in [0, 0.05) is 23.9 Å². The third-order valence-electron chi connectivity index (χ3n) is 1.02. The minimum Gasteiger partial charge on any atom is -0.760 e. The Morgan fingerprint density at radius 1 is 1.90 bits per heavy atom. The highest BCUT2D eigenvalue weighted by molar-refractivity contribution is 7.77. The third kappa shape index (κ3) is 4.83. The molecule has 6 heteroatoms. The molecule has 0 heterocycles. The van der Waals surface area contributed by atoms with Gasteiger partial charge in [-0.1, -0.05) is 0 Å². The van der Waals surface area contributed by atoms with Crippen LogP contribution in [-0.4, -0.2) is 32.6 Å². The molecule has 3 atom stereocenters. The first-order valence-corrected chi connectivity index (χ1v) is 3.88. The minimum atomic E-state index is -2.32. The molecule has 0 amide bonds. The second-order valence-electron chi connectivity index (χ2n) is 2.01. The lowest BCUT2D eigenvalue weighted by Gasteiger charge is -2.15. The Balaban J connectivity index is 3.39. The molecule has 0 aromatic rings. The van der Waals surface area contributed by atoms with Crippen LogP contribution in [0.1, 0.15) is 6.92 Å². The van der Waals surface area contributed by atoms with Gasteiger partial charge in [0.2, 0.25) is 0 Å². The van der Waals surface area contributed by atoms with Crippen LogP contribution in [0.15, 0.2) is 0 Å². The van der Waals surface area contributed by atoms with Gasteiger partial charge in [0.1, 0.15) is 0 Å². The molecule has 0 aliphatic heterocycles. The standard InChI is InChI=1S/C4H12N2O3S/c1-3(5)4(7)2-6-10(8)9/h3-4,6-7H,2,5H2,1H3,(H,8,9)/p-1. The van der Waals surface area contributed by atoms with E-state index in [1.165, 1.54) is 0 Å². The number of nitrogens with one attached hydrogen (secondary N) is 1. The van der Waals surface area contributed by atoms with Crippen molar-refractivity contribution in [2.24, 2.45) is 5.73 Å². The van der Waals surface area contributed by atoms with E-state index in [4.69, 9.17) is 10.8 Å². The van der Waals surface area contributed by atoms with Gasteiger partial charge < -0.3 is 15.4 Å².